The molecule has 1 aliphatic heterocycles. The van der Waals surface area contributed by atoms with Crippen LogP contribution in [-0.2, 0) is 51.1 Å². The summed E-state index contributed by atoms with van der Waals surface area (Å²) in [6.45, 7) is 4.16. The van der Waals surface area contributed by atoms with Crippen molar-refractivity contribution in [3.63, 3.8) is 0 Å². The number of Topliss-reactive ketones (excluding diaryl/α,β-unsaturated/α-hetero) is 2. The maximum atomic E-state index is 14.7. The summed E-state index contributed by atoms with van der Waals surface area (Å²) in [4.78, 5) is 118. The Kier molecular flexibility index (Phi) is 19.3. The van der Waals surface area contributed by atoms with Crippen LogP contribution in [0, 0.1) is 11.8 Å². The van der Waals surface area contributed by atoms with Gasteiger partial charge in [0.25, 0.3) is 0 Å². The summed E-state index contributed by atoms with van der Waals surface area (Å²) in [5.74, 6) is -10.1. The zero-order chi connectivity index (χ0) is 51.7. The van der Waals surface area contributed by atoms with Gasteiger partial charge in [0, 0.05) is 77.3 Å². The Morgan fingerprint density at radius 2 is 1.42 bits per heavy atom. The third-order valence-electron chi connectivity index (χ3n) is 12.1. The van der Waals surface area contributed by atoms with Crippen LogP contribution < -0.4 is 10.1 Å². The third-order valence-corrected chi connectivity index (χ3v) is 12.1. The number of morpholine rings is 1. The van der Waals surface area contributed by atoms with Gasteiger partial charge in [0.1, 0.15) is 17.2 Å². The summed E-state index contributed by atoms with van der Waals surface area (Å²) in [6.07, 6.45) is -0.350. The molecule has 1 aliphatic rings. The molecule has 2 aromatic carbocycles. The van der Waals surface area contributed by atoms with E-state index in [1.807, 2.05) is 60.7 Å². The smallest absolute Gasteiger partial charge is 0.416 e. The Labute approximate surface area is 414 Å². The molecule has 0 radical (unpaired) electrons. The molecule has 21 heteroatoms. The highest BCUT2D eigenvalue weighted by Gasteiger charge is 2.34. The van der Waals surface area contributed by atoms with Crippen molar-refractivity contribution in [1.29, 1.82) is 0 Å². The zero-order valence-electron chi connectivity index (χ0n) is 40.1. The van der Waals surface area contributed by atoms with Crippen molar-refractivity contribution in [3.8, 4) is 17.1 Å². The molecule has 0 saturated carbocycles. The number of hydrogen-bond donors (Lipinski definition) is 4. The number of imidazole rings is 1. The van der Waals surface area contributed by atoms with Crippen LogP contribution in [0.5, 0.6) is 5.88 Å². The van der Waals surface area contributed by atoms with Gasteiger partial charge in [0.15, 0.2) is 11.4 Å². The summed E-state index contributed by atoms with van der Waals surface area (Å²) >= 11 is 0. The highest BCUT2D eigenvalue weighted by atomic mass is 16.6. The third kappa shape index (κ3) is 15.6. The van der Waals surface area contributed by atoms with Gasteiger partial charge in [-0.25, -0.2) is 14.8 Å². The van der Waals surface area contributed by atoms with Gasteiger partial charge in [-0.15, -0.1) is 0 Å². The van der Waals surface area contributed by atoms with Gasteiger partial charge < -0.3 is 49.1 Å². The predicted molar refractivity (Wildman–Crippen MR) is 257 cm³/mol. The van der Waals surface area contributed by atoms with Crippen LogP contribution in [0.4, 0.5) is 4.79 Å². The number of nitrogens with one attached hydrogen (secondary N) is 1. The van der Waals surface area contributed by atoms with Crippen molar-refractivity contribution in [2.24, 2.45) is 11.8 Å². The monoisotopic (exact) mass is 993 g/mol. The predicted octanol–water partition coefficient (Wildman–Crippen LogP) is 4.23. The molecule has 0 spiro atoms. The number of carboxylic acids is 3. The number of amides is 3. The lowest BCUT2D eigenvalue weighted by molar-refractivity contribution is -0.146. The molecule has 0 aliphatic carbocycles. The van der Waals surface area contributed by atoms with Crippen molar-refractivity contribution >= 4 is 53.0 Å². The van der Waals surface area contributed by atoms with E-state index in [1.54, 1.807) is 22.7 Å². The molecule has 0 bridgehead atoms. The molecule has 72 heavy (non-hydrogen) atoms. The van der Waals surface area contributed by atoms with Crippen LogP contribution in [0.3, 0.4) is 0 Å². The van der Waals surface area contributed by atoms with E-state index in [0.717, 1.165) is 23.0 Å². The van der Waals surface area contributed by atoms with Crippen molar-refractivity contribution in [3.05, 3.63) is 108 Å². The number of likely N-dealkylation sites (N-methyl/N-ethyl adjacent to an activating group) is 1. The molecule has 21 nitrogen and oxygen atoms in total. The molecule has 3 unspecified atom stereocenters. The first-order valence-corrected chi connectivity index (χ1v) is 23.6. The van der Waals surface area contributed by atoms with Crippen molar-refractivity contribution in [1.82, 2.24) is 34.4 Å². The Hall–Kier alpha value is -7.78. The molecule has 3 atom stereocenters. The number of ketones is 2. The van der Waals surface area contributed by atoms with E-state index in [9.17, 15) is 53.7 Å². The number of hydrogen-bond acceptors (Lipinski definition) is 14. The molecule has 382 valence electrons. The fraction of sp³-hybridized carbons (Fsp3) is 0.412. The van der Waals surface area contributed by atoms with Gasteiger partial charge in [-0.1, -0.05) is 60.7 Å². The highest BCUT2D eigenvalue weighted by molar-refractivity contribution is 5.97. The van der Waals surface area contributed by atoms with E-state index in [2.05, 4.69) is 10.2 Å². The van der Waals surface area contributed by atoms with Gasteiger partial charge >= 0.3 is 24.0 Å². The molecule has 4 N–H and O–H groups in total. The number of benzene rings is 2. The standard InChI is InChI=1S/C51H59N7O14/c1-33(59)25-36(28-44(61)62)48(67)54-39(31-46(65)66)43(60)27-37(29-45(63)64)49(68)55(2)18-19-57(17-10-16-56-20-23-70-24-21-56)51(69)72-50-41(30-38-15-9-22-71-38)53-47-40(26-34-11-5-3-6-12-34)52-42(32-58(47)50)35-13-7-4-8-14-35/h3-9,11-15,22,32,36-37,39H,10,16-21,23-31H2,1-2H3,(H,54,67)(H,61,62)(H,63,64)(H,65,66). The lowest BCUT2D eigenvalue weighted by atomic mass is 9.92. The molecule has 3 aromatic heterocycles. The minimum absolute atomic E-state index is 0.113. The largest absolute Gasteiger partial charge is 0.481 e. The molecule has 3 amide bonds. The van der Waals surface area contributed by atoms with E-state index >= 15 is 0 Å². The second-order valence-electron chi connectivity index (χ2n) is 17.7. The van der Waals surface area contributed by atoms with Crippen LogP contribution >= 0.6 is 0 Å². The second-order valence-corrected chi connectivity index (χ2v) is 17.7. The Morgan fingerprint density at radius 3 is 2.06 bits per heavy atom. The average molecular weight is 994 g/mol. The lowest BCUT2D eigenvalue weighted by Crippen LogP contribution is -2.47. The Morgan fingerprint density at radius 1 is 0.750 bits per heavy atom. The fourth-order valence-electron chi connectivity index (χ4n) is 8.40. The van der Waals surface area contributed by atoms with Crippen LogP contribution in [0.25, 0.3) is 16.9 Å². The van der Waals surface area contributed by atoms with Crippen molar-refractivity contribution < 1.29 is 67.6 Å². The van der Waals surface area contributed by atoms with Crippen molar-refractivity contribution in [2.75, 3.05) is 59.5 Å². The normalized spacial score (nSPS) is 13.9. The highest BCUT2D eigenvalue weighted by Crippen LogP contribution is 2.30. The summed E-state index contributed by atoms with van der Waals surface area (Å²) < 4.78 is 19.3. The van der Waals surface area contributed by atoms with Crippen LogP contribution in [0.2, 0.25) is 0 Å². The lowest BCUT2D eigenvalue weighted by Gasteiger charge is -2.29. The zero-order valence-corrected chi connectivity index (χ0v) is 40.1. The summed E-state index contributed by atoms with van der Waals surface area (Å²) in [6, 6.07) is 21.0. The number of ether oxygens (including phenoxy) is 2. The molecular formula is C51H59N7O14. The topological polar surface area (TPSA) is 281 Å². The number of fused-ring (bicyclic) bond motifs is 1. The summed E-state index contributed by atoms with van der Waals surface area (Å²) in [5, 5.41) is 31.0. The first-order valence-electron chi connectivity index (χ1n) is 23.6. The van der Waals surface area contributed by atoms with Gasteiger partial charge in [-0.3, -0.25) is 38.1 Å². The number of furan rings is 1. The first kappa shape index (κ1) is 53.6. The number of aliphatic carboxylic acids is 3. The van der Waals surface area contributed by atoms with Crippen molar-refractivity contribution in [2.45, 2.75) is 64.3 Å². The maximum Gasteiger partial charge on any atom is 0.416 e. The number of aromatic nitrogens is 3. The number of carbonyl (C=O) groups excluding carboxylic acids is 5. The maximum absolute atomic E-state index is 14.7. The minimum Gasteiger partial charge on any atom is -0.481 e. The van der Waals surface area contributed by atoms with Gasteiger partial charge in [0.2, 0.25) is 17.7 Å². The molecule has 1 saturated heterocycles. The Balaban J connectivity index is 1.27. The summed E-state index contributed by atoms with van der Waals surface area (Å²) in [7, 11) is 1.37. The van der Waals surface area contributed by atoms with E-state index in [-0.39, 0.29) is 31.9 Å². The van der Waals surface area contributed by atoms with Crippen LogP contribution in [-0.4, -0.2) is 157 Å². The van der Waals surface area contributed by atoms with Crippen LogP contribution in [0.1, 0.15) is 68.2 Å². The summed E-state index contributed by atoms with van der Waals surface area (Å²) in [5.41, 5.74) is 3.84. The molecular weight excluding hydrogens is 935 g/mol. The average Bonchev–Trinajstić information content (AvgIpc) is 3.99. The van der Waals surface area contributed by atoms with E-state index in [1.165, 1.54) is 18.2 Å². The Bertz CT molecular complexity index is 2670. The molecule has 4 heterocycles. The fourth-order valence-corrected chi connectivity index (χ4v) is 8.40. The quantitative estimate of drug-likeness (QED) is 0.0573. The second kappa shape index (κ2) is 25.9. The van der Waals surface area contributed by atoms with E-state index in [0.29, 0.717) is 74.2 Å². The van der Waals surface area contributed by atoms with Crippen LogP contribution in [0.15, 0.2) is 89.7 Å². The van der Waals surface area contributed by atoms with Gasteiger partial charge in [0.05, 0.1) is 74.4 Å². The van der Waals surface area contributed by atoms with E-state index in [4.69, 9.17) is 23.9 Å². The number of carbonyl (C=O) groups is 8. The molecule has 1 fully saturated rings. The molecule has 6 rings (SSSR count). The van der Waals surface area contributed by atoms with Gasteiger partial charge in [-0.2, -0.15) is 0 Å². The number of rotatable bonds is 27. The minimum atomic E-state index is -1.78. The SMILES string of the molecule is CC(=O)CC(CC(=O)O)C(=O)NC(CC(=O)O)C(=O)CC(CC(=O)O)C(=O)N(C)CCN(CCCN1CCOCC1)C(=O)Oc1c(Cc2ccco2)nc2c(Cc3ccccc3)nc(-c3ccccc3)cn12. The van der Waals surface area contributed by atoms with E-state index < -0.39 is 97.4 Å². The number of nitrogens with zero attached hydrogens (tertiary/aromatic N) is 6. The number of carboxylic acid groups (broad SMARTS) is 3. The van der Waals surface area contributed by atoms with Gasteiger partial charge in [-0.05, 0) is 31.0 Å². The molecule has 5 aromatic rings. The first-order chi connectivity index (χ1) is 34.5.